The minimum absolute atomic E-state index is 0.779. The summed E-state index contributed by atoms with van der Waals surface area (Å²) >= 11 is 1.53. The summed E-state index contributed by atoms with van der Waals surface area (Å²) in [5.41, 5.74) is 1.19. The first kappa shape index (κ1) is 7.54. The number of ether oxygens (including phenoxy) is 1. The van der Waals surface area contributed by atoms with E-state index in [1.165, 1.54) is 22.0 Å². The number of aromatic nitrogens is 1. The Bertz CT molecular complexity index is 198. The number of methoxy groups -OCH3 is 1. The van der Waals surface area contributed by atoms with Gasteiger partial charge in [0, 0.05) is 10.4 Å². The van der Waals surface area contributed by atoms with Gasteiger partial charge in [-0.15, -0.1) is 0 Å². The number of hydrogen-bond donors (Lipinski definition) is 0. The lowest BCUT2D eigenvalue weighted by Crippen LogP contribution is -1.85. The van der Waals surface area contributed by atoms with Crippen LogP contribution >= 0.6 is 11.5 Å². The molecule has 1 aromatic rings. The van der Waals surface area contributed by atoms with Crippen molar-refractivity contribution in [2.75, 3.05) is 7.11 Å². The maximum Gasteiger partial charge on any atom is 0.228 e. The van der Waals surface area contributed by atoms with Gasteiger partial charge in [-0.3, -0.25) is 0 Å². The van der Waals surface area contributed by atoms with Crippen molar-refractivity contribution in [2.24, 2.45) is 0 Å². The Balaban J connectivity index is 2.97. The van der Waals surface area contributed by atoms with E-state index in [-0.39, 0.29) is 0 Å². The van der Waals surface area contributed by atoms with Crippen molar-refractivity contribution < 1.29 is 4.74 Å². The van der Waals surface area contributed by atoms with Crippen LogP contribution in [0.4, 0.5) is 0 Å². The second kappa shape index (κ2) is 3.01. The lowest BCUT2D eigenvalue weighted by Gasteiger charge is -1.94. The molecule has 0 amide bonds. The Hall–Kier alpha value is -0.570. The van der Waals surface area contributed by atoms with E-state index in [1.54, 1.807) is 7.11 Å². The first-order valence-corrected chi connectivity index (χ1v) is 4.06. The highest BCUT2D eigenvalue weighted by molar-refractivity contribution is 7.06. The van der Waals surface area contributed by atoms with Crippen molar-refractivity contribution in [2.45, 2.75) is 20.3 Å². The van der Waals surface area contributed by atoms with Crippen LogP contribution < -0.4 is 4.74 Å². The Labute approximate surface area is 65.0 Å². The average Bonchev–Trinajstić information content (AvgIpc) is 2.30. The van der Waals surface area contributed by atoms with Crippen molar-refractivity contribution in [3.8, 4) is 5.88 Å². The molecule has 56 valence electrons. The van der Waals surface area contributed by atoms with Crippen LogP contribution in [-0.4, -0.2) is 11.5 Å². The molecular formula is C7H11NOS. The van der Waals surface area contributed by atoms with Crippen molar-refractivity contribution in [3.63, 3.8) is 0 Å². The summed E-state index contributed by atoms with van der Waals surface area (Å²) in [7, 11) is 1.65. The average molecular weight is 157 g/mol. The highest BCUT2D eigenvalue weighted by Gasteiger charge is 2.06. The second-order valence-corrected chi connectivity index (χ2v) is 2.95. The minimum Gasteiger partial charge on any atom is -0.480 e. The maximum atomic E-state index is 5.03. The Kier molecular flexibility index (Phi) is 2.27. The molecule has 0 bridgehead atoms. The van der Waals surface area contributed by atoms with Crippen molar-refractivity contribution in [3.05, 3.63) is 10.4 Å². The molecular weight excluding hydrogens is 146 g/mol. The molecule has 0 spiro atoms. The van der Waals surface area contributed by atoms with Crippen molar-refractivity contribution in [1.29, 1.82) is 0 Å². The zero-order valence-electron chi connectivity index (χ0n) is 6.47. The smallest absolute Gasteiger partial charge is 0.228 e. The van der Waals surface area contributed by atoms with Crippen LogP contribution in [0.3, 0.4) is 0 Å². The number of nitrogens with zero attached hydrogens (tertiary/aromatic N) is 1. The Morgan fingerprint density at radius 3 is 2.60 bits per heavy atom. The van der Waals surface area contributed by atoms with Crippen LogP contribution in [0.25, 0.3) is 0 Å². The van der Waals surface area contributed by atoms with Gasteiger partial charge in [-0.2, -0.15) is 4.37 Å². The third-order valence-electron chi connectivity index (χ3n) is 1.49. The SMILES string of the molecule is CCc1snc(OC)c1C. The van der Waals surface area contributed by atoms with Crippen LogP contribution in [0.2, 0.25) is 0 Å². The van der Waals surface area contributed by atoms with E-state index >= 15 is 0 Å². The van der Waals surface area contributed by atoms with Gasteiger partial charge in [0.1, 0.15) is 0 Å². The first-order chi connectivity index (χ1) is 4.79. The zero-order chi connectivity index (χ0) is 7.56. The van der Waals surface area contributed by atoms with Crippen molar-refractivity contribution >= 4 is 11.5 Å². The van der Waals surface area contributed by atoms with Gasteiger partial charge in [-0.05, 0) is 24.9 Å². The van der Waals surface area contributed by atoms with E-state index < -0.39 is 0 Å². The summed E-state index contributed by atoms with van der Waals surface area (Å²) < 4.78 is 9.15. The third-order valence-corrected chi connectivity index (χ3v) is 2.56. The van der Waals surface area contributed by atoms with Crippen LogP contribution in [0, 0.1) is 6.92 Å². The molecule has 0 fully saturated rings. The molecule has 0 aliphatic heterocycles. The van der Waals surface area contributed by atoms with Gasteiger partial charge in [-0.25, -0.2) is 0 Å². The van der Waals surface area contributed by atoms with Gasteiger partial charge in [0.05, 0.1) is 7.11 Å². The largest absolute Gasteiger partial charge is 0.480 e. The molecule has 0 atom stereocenters. The van der Waals surface area contributed by atoms with Gasteiger partial charge in [0.15, 0.2) is 0 Å². The molecule has 0 aliphatic rings. The first-order valence-electron chi connectivity index (χ1n) is 3.28. The maximum absolute atomic E-state index is 5.03. The molecule has 0 saturated carbocycles. The molecule has 1 aromatic heterocycles. The molecule has 10 heavy (non-hydrogen) atoms. The summed E-state index contributed by atoms with van der Waals surface area (Å²) in [6, 6.07) is 0. The quantitative estimate of drug-likeness (QED) is 0.655. The lowest BCUT2D eigenvalue weighted by atomic mass is 10.2. The summed E-state index contributed by atoms with van der Waals surface area (Å²) in [6.45, 7) is 4.17. The van der Waals surface area contributed by atoms with Gasteiger partial charge in [-0.1, -0.05) is 6.92 Å². The summed E-state index contributed by atoms with van der Waals surface area (Å²) in [6.07, 6.45) is 1.05. The monoisotopic (exact) mass is 157 g/mol. The predicted molar refractivity (Wildman–Crippen MR) is 42.8 cm³/mol. The molecule has 0 radical (unpaired) electrons. The Morgan fingerprint density at radius 1 is 1.60 bits per heavy atom. The number of hydrogen-bond acceptors (Lipinski definition) is 3. The molecule has 0 unspecified atom stereocenters. The summed E-state index contributed by atoms with van der Waals surface area (Å²) in [4.78, 5) is 1.32. The van der Waals surface area contributed by atoms with E-state index in [2.05, 4.69) is 11.3 Å². The minimum atomic E-state index is 0.779. The fourth-order valence-corrected chi connectivity index (χ4v) is 1.63. The van der Waals surface area contributed by atoms with E-state index in [0.29, 0.717) is 0 Å². The van der Waals surface area contributed by atoms with Gasteiger partial charge in [0.2, 0.25) is 5.88 Å². The topological polar surface area (TPSA) is 22.1 Å². The van der Waals surface area contributed by atoms with Gasteiger partial charge < -0.3 is 4.74 Å². The van der Waals surface area contributed by atoms with E-state index in [9.17, 15) is 0 Å². The second-order valence-electron chi connectivity index (χ2n) is 2.09. The lowest BCUT2D eigenvalue weighted by molar-refractivity contribution is 0.399. The normalized spacial score (nSPS) is 9.90. The molecule has 1 rings (SSSR count). The molecule has 0 N–H and O–H groups in total. The predicted octanol–water partition coefficient (Wildman–Crippen LogP) is 2.02. The Morgan fingerprint density at radius 2 is 2.30 bits per heavy atom. The van der Waals surface area contributed by atoms with Crippen LogP contribution in [0.5, 0.6) is 5.88 Å². The highest BCUT2D eigenvalue weighted by Crippen LogP contribution is 2.23. The standard InChI is InChI=1S/C7H11NOS/c1-4-6-5(2)7(9-3)8-10-6/h4H2,1-3H3. The molecule has 0 aromatic carbocycles. The van der Waals surface area contributed by atoms with Crippen LogP contribution in [0.15, 0.2) is 0 Å². The fourth-order valence-electron chi connectivity index (χ4n) is 0.873. The zero-order valence-corrected chi connectivity index (χ0v) is 7.29. The van der Waals surface area contributed by atoms with E-state index in [0.717, 1.165) is 12.3 Å². The number of rotatable bonds is 2. The fraction of sp³-hybridized carbons (Fsp3) is 0.571. The van der Waals surface area contributed by atoms with E-state index in [1.807, 2.05) is 6.92 Å². The number of aryl methyl sites for hydroxylation is 1. The molecule has 1 heterocycles. The van der Waals surface area contributed by atoms with Crippen LogP contribution in [-0.2, 0) is 6.42 Å². The molecule has 3 heteroatoms. The molecule has 2 nitrogen and oxygen atoms in total. The summed E-state index contributed by atoms with van der Waals surface area (Å²) in [5.74, 6) is 0.779. The summed E-state index contributed by atoms with van der Waals surface area (Å²) in [5, 5.41) is 0. The van der Waals surface area contributed by atoms with Gasteiger partial charge >= 0.3 is 0 Å². The highest BCUT2D eigenvalue weighted by atomic mass is 32.1. The molecule has 0 saturated heterocycles. The van der Waals surface area contributed by atoms with Crippen LogP contribution in [0.1, 0.15) is 17.4 Å². The van der Waals surface area contributed by atoms with E-state index in [4.69, 9.17) is 4.74 Å². The third kappa shape index (κ3) is 1.14. The van der Waals surface area contributed by atoms with Gasteiger partial charge in [0.25, 0.3) is 0 Å². The molecule has 0 aliphatic carbocycles. The van der Waals surface area contributed by atoms with Crippen molar-refractivity contribution in [1.82, 2.24) is 4.37 Å².